The highest BCUT2D eigenvalue weighted by atomic mass is 32.1. The van der Waals surface area contributed by atoms with Crippen LogP contribution in [0.5, 0.6) is 0 Å². The maximum absolute atomic E-state index is 14.9. The van der Waals surface area contributed by atoms with Gasteiger partial charge >= 0.3 is 6.03 Å². The van der Waals surface area contributed by atoms with Crippen molar-refractivity contribution in [2.24, 2.45) is 22.2 Å². The van der Waals surface area contributed by atoms with Gasteiger partial charge in [-0.15, -0.1) is 0 Å². The highest BCUT2D eigenvalue weighted by molar-refractivity contribution is 7.80. The Morgan fingerprint density at radius 3 is 1.88 bits per heavy atom. The second kappa shape index (κ2) is 34.0. The van der Waals surface area contributed by atoms with Gasteiger partial charge in [0, 0.05) is 67.6 Å². The van der Waals surface area contributed by atoms with E-state index in [1.54, 1.807) is 25.3 Å². The van der Waals surface area contributed by atoms with Crippen molar-refractivity contribution in [2.75, 3.05) is 44.2 Å². The number of carbonyl (C=O) groups is 10. The predicted molar refractivity (Wildman–Crippen MR) is 330 cm³/mol. The Morgan fingerprint density at radius 2 is 1.23 bits per heavy atom. The molecule has 0 unspecified atom stereocenters. The summed E-state index contributed by atoms with van der Waals surface area (Å²) in [6.07, 6.45) is 3.42. The van der Waals surface area contributed by atoms with Gasteiger partial charge in [-0.05, 0) is 73.9 Å². The number of nitrogens with one attached hydrogen (secondary N) is 14. The lowest BCUT2D eigenvalue weighted by Crippen LogP contribution is -2.60. The molecule has 1 aliphatic rings. The number of para-hydroxylation sites is 1. The van der Waals surface area contributed by atoms with Gasteiger partial charge < -0.3 is 80.7 Å². The number of aromatic nitrogens is 1. The number of guanidine groups is 2. The average Bonchev–Trinajstić information content (AvgIpc) is 2.14. The summed E-state index contributed by atoms with van der Waals surface area (Å²) in [6, 6.07) is 8.92. The van der Waals surface area contributed by atoms with Crippen molar-refractivity contribution in [3.05, 3.63) is 84.1 Å². The number of primary amides is 1. The first-order valence-corrected chi connectivity index (χ1v) is 29.0. The van der Waals surface area contributed by atoms with Crippen molar-refractivity contribution < 1.29 is 47.9 Å². The van der Waals surface area contributed by atoms with Crippen LogP contribution in [0.2, 0.25) is 0 Å². The van der Waals surface area contributed by atoms with Gasteiger partial charge in [-0.2, -0.15) is 25.3 Å². The number of nitrogens with two attached hydrogens (primary N) is 3. The maximum Gasteiger partial charge on any atom is 0.325 e. The monoisotopic (exact) mass is 1230 g/mol. The van der Waals surface area contributed by atoms with Crippen LogP contribution in [0.1, 0.15) is 57.1 Å². The summed E-state index contributed by atoms with van der Waals surface area (Å²) in [5.41, 5.74) is 18.4. The van der Waals surface area contributed by atoms with E-state index in [9.17, 15) is 47.9 Å². The number of carbonyl (C=O) groups excluding carboxylic acids is 10. The third-order valence-electron chi connectivity index (χ3n) is 13.6. The van der Waals surface area contributed by atoms with Crippen molar-refractivity contribution in [1.82, 2.24) is 68.4 Å². The first-order valence-electron chi connectivity index (χ1n) is 27.8. The molecule has 4 aromatic rings. The molecule has 2 heterocycles. The molecule has 0 bridgehead atoms. The number of benzene rings is 3. The van der Waals surface area contributed by atoms with E-state index in [1.165, 1.54) is 13.3 Å². The molecule has 1 aliphatic heterocycles. The number of hydrogen-bond acceptors (Lipinski definition) is 15. The fraction of sp³-hybridized carbons (Fsp3) is 0.436. The molecule has 1 fully saturated rings. The van der Waals surface area contributed by atoms with Gasteiger partial charge in [0.1, 0.15) is 54.9 Å². The molecule has 11 amide bonds. The zero-order valence-electron chi connectivity index (χ0n) is 47.6. The van der Waals surface area contributed by atoms with E-state index < -0.39 is 114 Å². The Hall–Kier alpha value is -9.13. The van der Waals surface area contributed by atoms with Crippen LogP contribution in [0.15, 0.2) is 77.9 Å². The van der Waals surface area contributed by atoms with Gasteiger partial charge in [0.25, 0.3) is 5.91 Å². The summed E-state index contributed by atoms with van der Waals surface area (Å²) in [6.45, 7) is 3.28. The Balaban J connectivity index is 1.37. The summed E-state index contributed by atoms with van der Waals surface area (Å²) in [5, 5.41) is 46.5. The third kappa shape index (κ3) is 20.9. The Bertz CT molecular complexity index is 3130. The van der Waals surface area contributed by atoms with Gasteiger partial charge in [0.2, 0.25) is 47.3 Å². The van der Waals surface area contributed by atoms with E-state index >= 15 is 0 Å². The van der Waals surface area contributed by atoms with Crippen molar-refractivity contribution in [1.29, 1.82) is 10.8 Å². The molecule has 29 nitrogen and oxygen atoms in total. The van der Waals surface area contributed by atoms with Crippen molar-refractivity contribution in [3.8, 4) is 0 Å². The number of aliphatic imine (C=N–C) groups is 1. The molecular formula is C55H77N19O10S2. The molecule has 0 radical (unpaired) electrons. The molecular weight excluding hydrogens is 1150 g/mol. The first kappa shape index (κ1) is 67.7. The SMILES string of the molecule is CC/N=C\NCC[C@H](NC(=O)[C@@H](C)NC(=O)[C@H](CS)NC(=O)CN1C(=O)N[C@@H](CCCNC(=N)N)C1=O)C(=O)N[C@H](Cc1ccc2ccccc2c1)C(=O)N[C@@H](CCCNC(=N)N)C(=O)N[C@@H](Cc1c[nH]c2ccccc12)C(=O)N[C@@H](CS)C(N)=O. The average molecular weight is 1230 g/mol. The van der Waals surface area contributed by atoms with Crippen LogP contribution in [0.4, 0.5) is 4.79 Å². The molecule has 1 aromatic heterocycles. The highest BCUT2D eigenvalue weighted by Gasteiger charge is 2.39. The highest BCUT2D eigenvalue weighted by Crippen LogP contribution is 2.21. The van der Waals surface area contributed by atoms with E-state index in [0.29, 0.717) is 29.0 Å². The third-order valence-corrected chi connectivity index (χ3v) is 14.4. The van der Waals surface area contributed by atoms with Crippen LogP contribution in [-0.2, 0) is 56.0 Å². The van der Waals surface area contributed by atoms with E-state index in [2.05, 4.69) is 93.7 Å². The number of rotatable bonds is 35. The molecule has 86 heavy (non-hydrogen) atoms. The van der Waals surface area contributed by atoms with Crippen LogP contribution in [0.25, 0.3) is 21.7 Å². The lowest BCUT2D eigenvalue weighted by atomic mass is 9.99. The zero-order chi connectivity index (χ0) is 62.9. The van der Waals surface area contributed by atoms with E-state index in [0.717, 1.165) is 21.7 Å². The number of amides is 11. The van der Waals surface area contributed by atoms with Crippen LogP contribution >= 0.6 is 25.3 Å². The lowest BCUT2D eigenvalue weighted by molar-refractivity contribution is -0.135. The normalized spacial score (nSPS) is 15.4. The number of hydrogen-bond donors (Lipinski definition) is 19. The van der Waals surface area contributed by atoms with Crippen LogP contribution in [0, 0.1) is 10.8 Å². The van der Waals surface area contributed by atoms with Crippen molar-refractivity contribution >= 4 is 124 Å². The molecule has 3 aromatic carbocycles. The molecule has 31 heteroatoms. The molecule has 8 atom stereocenters. The number of imide groups is 1. The number of thiol groups is 2. The summed E-state index contributed by atoms with van der Waals surface area (Å²) in [5.74, 6) is -8.47. The zero-order valence-corrected chi connectivity index (χ0v) is 49.4. The van der Waals surface area contributed by atoms with Crippen molar-refractivity contribution in [3.63, 3.8) is 0 Å². The van der Waals surface area contributed by atoms with Gasteiger partial charge in [0.15, 0.2) is 11.9 Å². The minimum Gasteiger partial charge on any atom is -0.376 e. The van der Waals surface area contributed by atoms with Crippen LogP contribution in [0.3, 0.4) is 0 Å². The number of H-pyrrole nitrogens is 1. The first-order chi connectivity index (χ1) is 41.1. The smallest absolute Gasteiger partial charge is 0.325 e. The van der Waals surface area contributed by atoms with Crippen LogP contribution < -0.4 is 75.7 Å². The van der Waals surface area contributed by atoms with E-state index in [-0.39, 0.29) is 81.6 Å². The largest absolute Gasteiger partial charge is 0.376 e. The summed E-state index contributed by atoms with van der Waals surface area (Å²) >= 11 is 8.36. The second-order valence-electron chi connectivity index (χ2n) is 20.1. The second-order valence-corrected chi connectivity index (χ2v) is 20.9. The number of nitrogens with zero attached hydrogens (tertiary/aromatic N) is 2. The standard InChI is InChI=1S/C55H77N19O10S2/c1-3-61-29-62-21-18-38(68-46(77)30(2)66-51(82)43(28-86)67-44(75)26-74-52(83)39(73-55(74)84)15-9-20-64-54(59)60)48(79)70-40(23-31-16-17-32-10-4-5-11-33(32)22-31)49(80)69-37(14-8-19-63-53(57)58)47(78)71-41(50(81)72-42(27-85)45(56)76)24-34-25-65-36-13-7-6-12-35(34)36/h4-7,10-13,16-17,22,25,29-30,37-43,65,85-86H,3,8-9,14-15,18-21,23-24,26-28H2,1-2H3,(H2,56,76)(H,61,62)(H,66,82)(H,67,75)(H,68,77)(H,69,80)(H,70,79)(H,71,78)(H,72,81)(H,73,84)(H4,57,58,63)(H4,59,60,64)/t30-,37+,38+,39+,40-,41+,42+,43+/m1/s1. The van der Waals surface area contributed by atoms with Crippen LogP contribution in [-0.4, -0.2) is 180 Å². The Morgan fingerprint density at radius 1 is 0.663 bits per heavy atom. The number of urea groups is 1. The van der Waals surface area contributed by atoms with E-state index in [1.807, 2.05) is 54.6 Å². The van der Waals surface area contributed by atoms with Gasteiger partial charge in [-0.1, -0.05) is 60.7 Å². The summed E-state index contributed by atoms with van der Waals surface area (Å²) in [4.78, 5) is 145. The predicted octanol–water partition coefficient (Wildman–Crippen LogP) is -2.66. The molecule has 0 aliphatic carbocycles. The van der Waals surface area contributed by atoms with E-state index in [4.69, 9.17) is 28.0 Å². The maximum atomic E-state index is 14.9. The minimum absolute atomic E-state index is 0.0747. The van der Waals surface area contributed by atoms with Gasteiger partial charge in [0.05, 0.1) is 6.34 Å². The fourth-order valence-corrected chi connectivity index (χ4v) is 9.59. The van der Waals surface area contributed by atoms with Gasteiger partial charge in [-0.25, -0.2) is 4.79 Å². The number of fused-ring (bicyclic) bond motifs is 2. The fourth-order valence-electron chi connectivity index (χ4n) is 9.06. The summed E-state index contributed by atoms with van der Waals surface area (Å²) in [7, 11) is 0. The molecule has 0 saturated carbocycles. The molecule has 1 saturated heterocycles. The Kier molecular flexibility index (Phi) is 26.7. The molecule has 464 valence electrons. The number of aromatic amines is 1. The molecule has 20 N–H and O–H groups in total. The Labute approximate surface area is 507 Å². The molecule has 0 spiro atoms. The topological polar surface area (TPSA) is 460 Å². The molecule has 5 rings (SSSR count). The lowest BCUT2D eigenvalue weighted by Gasteiger charge is -2.28. The quantitative estimate of drug-likeness (QED) is 0.00735. The minimum atomic E-state index is -1.44. The summed E-state index contributed by atoms with van der Waals surface area (Å²) < 4.78 is 0. The van der Waals surface area contributed by atoms with Crippen molar-refractivity contribution in [2.45, 2.75) is 107 Å². The van der Waals surface area contributed by atoms with Gasteiger partial charge in [-0.3, -0.25) is 63.9 Å².